The summed E-state index contributed by atoms with van der Waals surface area (Å²) in [5, 5.41) is 0. The summed E-state index contributed by atoms with van der Waals surface area (Å²) in [6, 6.07) is 3.42. The fourth-order valence-corrected chi connectivity index (χ4v) is 82.2. The van der Waals surface area contributed by atoms with Crippen molar-refractivity contribution >= 4 is 309 Å². The van der Waals surface area contributed by atoms with Crippen LogP contribution in [0.25, 0.3) is 0 Å². The Kier molecular flexibility index (Phi) is 32.2. The molecule has 2 nitrogen and oxygen atoms in total. The van der Waals surface area contributed by atoms with Gasteiger partial charge in [-0.1, -0.05) is 0 Å². The molecule has 0 spiro atoms. The number of hydrogen-bond donors (Lipinski definition) is 2. The fourth-order valence-electron chi connectivity index (χ4n) is 2.56. The molecular formula is C11H14N2S33. The van der Waals surface area contributed by atoms with Crippen molar-refractivity contribution in [1.29, 1.82) is 0 Å². The average molecular weight is 1240 g/mol. The lowest BCUT2D eigenvalue weighted by Crippen LogP contribution is -2.02. The summed E-state index contributed by atoms with van der Waals surface area (Å²) in [6.07, 6.45) is -3.14. The summed E-state index contributed by atoms with van der Waals surface area (Å²) in [4.78, 5) is 0. The van der Waals surface area contributed by atoms with E-state index in [1.807, 2.05) is 151 Å². The second-order valence-corrected chi connectivity index (χ2v) is 60.7. The van der Waals surface area contributed by atoms with Crippen LogP contribution in [0, 0.1) is 0 Å². The normalized spacial score (nSPS) is 17.2. The highest BCUT2D eigenvalue weighted by Gasteiger charge is 2.36. The zero-order valence-corrected chi connectivity index (χ0v) is 47.6. The first-order chi connectivity index (χ1) is 24.2. The molecule has 2 aliphatic carbocycles. The average Bonchev–Trinajstić information content (AvgIpc) is 3.55. The van der Waals surface area contributed by atoms with Crippen LogP contribution in [0.5, 0.6) is 0 Å². The fraction of sp³-hybridized carbons (Fsp3) is 0.455. The minimum absolute atomic E-state index is 0.402. The third-order valence-corrected chi connectivity index (χ3v) is 70.4. The SMILES string of the molecule is S=S=S=S=S=S=S=S=S=S=S=S=S=S=S=S=S=S=S=S=S=S=S=S=S=S=S=S=S=S=S=S=S.[2H]C1([2H])C2CC(c3cc(N)c(N)cc32)C1([2H])[2H]. The van der Waals surface area contributed by atoms with Crippen molar-refractivity contribution in [1.82, 2.24) is 0 Å². The van der Waals surface area contributed by atoms with Crippen LogP contribution >= 0.6 is 0 Å². The zero-order chi connectivity index (χ0) is 36.5. The largest absolute Gasteiger partial charge is 0.397 e. The molecule has 0 aromatic heterocycles. The van der Waals surface area contributed by atoms with E-state index in [4.69, 9.17) is 39.3 Å². The van der Waals surface area contributed by atoms with Gasteiger partial charge in [-0.15, -0.1) is 0 Å². The second-order valence-electron chi connectivity index (χ2n) is 5.85. The molecule has 2 aliphatic rings. The molecule has 2 unspecified atom stereocenters. The van der Waals surface area contributed by atoms with Crippen LogP contribution in [-0.2, 0) is 298 Å². The van der Waals surface area contributed by atoms with Gasteiger partial charge in [-0.2, -0.15) is 0 Å². The molecule has 0 saturated heterocycles. The van der Waals surface area contributed by atoms with Gasteiger partial charge in [0, 0.05) is 303 Å². The Morgan fingerprint density at radius 1 is 0.413 bits per heavy atom. The molecule has 2 atom stereocenters. The number of rotatable bonds is 0. The number of nitrogens with two attached hydrogens (primary N) is 2. The van der Waals surface area contributed by atoms with Crippen molar-refractivity contribution in [2.24, 2.45) is 0 Å². The third-order valence-electron chi connectivity index (χ3n) is 3.78. The molecule has 0 heterocycles. The number of fused-ring (bicyclic) bond motifs is 5. The zero-order valence-electron chi connectivity index (χ0n) is 24.6. The molecule has 4 N–H and O–H groups in total. The summed E-state index contributed by atoms with van der Waals surface area (Å²) in [7, 11) is 54.6. The quantitative estimate of drug-likeness (QED) is 0.392. The number of nitrogen functional groups attached to an aromatic ring is 2. The van der Waals surface area contributed by atoms with E-state index >= 15 is 0 Å². The van der Waals surface area contributed by atoms with E-state index in [2.05, 4.69) is 0 Å². The van der Waals surface area contributed by atoms with E-state index in [0.29, 0.717) is 17.8 Å². The molecule has 3 rings (SSSR count). The molecule has 1 aromatic carbocycles. The highest BCUT2D eigenvalue weighted by Crippen LogP contribution is 2.54. The van der Waals surface area contributed by atoms with E-state index in [0.717, 1.165) is 11.1 Å². The van der Waals surface area contributed by atoms with E-state index in [1.165, 1.54) is 17.8 Å². The Bertz CT molecular complexity index is 2700. The Morgan fingerprint density at radius 3 is 0.804 bits per heavy atom. The molecule has 266 valence electrons. The van der Waals surface area contributed by atoms with Gasteiger partial charge in [0.1, 0.15) is 0 Å². The van der Waals surface area contributed by atoms with Crippen molar-refractivity contribution in [2.45, 2.75) is 31.0 Å². The topological polar surface area (TPSA) is 52.0 Å². The van der Waals surface area contributed by atoms with E-state index < -0.39 is 24.6 Å². The van der Waals surface area contributed by atoms with Gasteiger partial charge in [-0.3, -0.25) is 0 Å². The monoisotopic (exact) mass is 1230 g/mol. The summed E-state index contributed by atoms with van der Waals surface area (Å²) < 4.78 is 31.8. The van der Waals surface area contributed by atoms with E-state index in [9.17, 15) is 0 Å². The van der Waals surface area contributed by atoms with Gasteiger partial charge in [0.05, 0.1) is 11.4 Å². The van der Waals surface area contributed by atoms with Crippen LogP contribution in [0.4, 0.5) is 11.4 Å². The molecule has 0 radical (unpaired) electrons. The minimum atomic E-state index is -1.83. The maximum atomic E-state index is 7.95. The van der Waals surface area contributed by atoms with Crippen LogP contribution < -0.4 is 11.5 Å². The Morgan fingerprint density at radius 2 is 0.609 bits per heavy atom. The summed E-state index contributed by atoms with van der Waals surface area (Å²) in [5.41, 5.74) is 14.1. The van der Waals surface area contributed by atoms with E-state index in [1.54, 1.807) is 119 Å². The molecule has 35 heteroatoms. The highest BCUT2D eigenvalue weighted by atomic mass is 33.5. The molecule has 0 aliphatic heterocycles. The van der Waals surface area contributed by atoms with Gasteiger partial charge in [0.25, 0.3) is 0 Å². The molecule has 0 amide bonds. The first-order valence-electron chi connectivity index (χ1n) is 11.8. The Hall–Kier alpha value is 6.08. The maximum absolute atomic E-state index is 7.95. The van der Waals surface area contributed by atoms with Crippen LogP contribution in [0.1, 0.15) is 47.6 Å². The molecule has 1 saturated carbocycles. The third kappa shape index (κ3) is 25.3. The lowest BCUT2D eigenvalue weighted by molar-refractivity contribution is 0.718. The summed E-state index contributed by atoms with van der Waals surface area (Å²) >= 11 is 9.59. The van der Waals surface area contributed by atoms with Crippen molar-refractivity contribution in [3.63, 3.8) is 0 Å². The molecule has 46 heavy (non-hydrogen) atoms. The van der Waals surface area contributed by atoms with Gasteiger partial charge in [-0.05, 0) is 54.3 Å². The molecule has 2 bridgehead atoms. The molecule has 1 aromatic rings. The molecular weight excluding hydrogens is 1220 g/mol. The maximum Gasteiger partial charge on any atom is 0.0550 e. The van der Waals surface area contributed by atoms with Crippen LogP contribution in [0.15, 0.2) is 12.1 Å². The standard InChI is InChI=1S/C11H14N2.S33/c12-10-4-8-6-1-2-7(3-6)9(8)5-11(10)13;1-3-5-7-9-11-13-15-17-19-21-23-25-27-29-31-33-32-30-28-26-24-22-20-18-16-14-12-10-8-6-4-2/h4-7H,1-3,12-13H2;/i1D2,2D2;. The number of anilines is 2. The number of benzene rings is 1. The summed E-state index contributed by atoms with van der Waals surface area (Å²) in [6.45, 7) is 0. The van der Waals surface area contributed by atoms with Gasteiger partial charge < -0.3 is 11.5 Å². The van der Waals surface area contributed by atoms with E-state index in [-0.39, 0.29) is 0 Å². The van der Waals surface area contributed by atoms with Crippen molar-refractivity contribution in [3.8, 4) is 0 Å². The lowest BCUT2D eigenvalue weighted by Gasteiger charge is -2.16. The lowest BCUT2D eigenvalue weighted by atomic mass is 9.91. The Labute approximate surface area is 371 Å². The summed E-state index contributed by atoms with van der Waals surface area (Å²) in [5.74, 6) is -0.805. The van der Waals surface area contributed by atoms with Gasteiger partial charge >= 0.3 is 0 Å². The number of hydrogen-bond acceptors (Lipinski definition) is 4. The van der Waals surface area contributed by atoms with Crippen LogP contribution in [0.3, 0.4) is 0 Å². The van der Waals surface area contributed by atoms with Gasteiger partial charge in [0.15, 0.2) is 0 Å². The van der Waals surface area contributed by atoms with Crippen LogP contribution in [-0.4, -0.2) is 0 Å². The Balaban J connectivity index is 0.000000418. The van der Waals surface area contributed by atoms with Crippen molar-refractivity contribution in [3.05, 3.63) is 23.3 Å². The first-order valence-corrected chi connectivity index (χ1v) is 52.5. The minimum Gasteiger partial charge on any atom is -0.397 e. The molecule has 1 fully saturated rings. The van der Waals surface area contributed by atoms with Crippen molar-refractivity contribution < 1.29 is 5.48 Å². The van der Waals surface area contributed by atoms with Crippen molar-refractivity contribution in [2.75, 3.05) is 11.5 Å². The van der Waals surface area contributed by atoms with Crippen LogP contribution in [0.2, 0.25) is 0 Å². The predicted octanol–water partition coefficient (Wildman–Crippen LogP) is 2.14. The van der Waals surface area contributed by atoms with Gasteiger partial charge in [-0.25, -0.2) is 0 Å². The second kappa shape index (κ2) is 35.5. The van der Waals surface area contributed by atoms with Gasteiger partial charge in [0.2, 0.25) is 0 Å². The highest BCUT2D eigenvalue weighted by molar-refractivity contribution is 8.80. The predicted molar refractivity (Wildman–Crippen MR) is 298 cm³/mol. The first kappa shape index (κ1) is 41.7. The smallest absolute Gasteiger partial charge is 0.0550 e.